The van der Waals surface area contributed by atoms with Crippen LogP contribution < -0.4 is 10.9 Å². The maximum atomic E-state index is 11.9. The first kappa shape index (κ1) is 13.7. The molecule has 6 heteroatoms. The molecule has 2 heterocycles. The minimum Gasteiger partial charge on any atom is -0.350 e. The molecule has 1 aromatic rings. The summed E-state index contributed by atoms with van der Waals surface area (Å²) in [5.41, 5.74) is -0.337. The SMILES string of the molecule is CC(C)N1CCCC1CNC(=O)c1cnc[nH]c1=O. The summed E-state index contributed by atoms with van der Waals surface area (Å²) >= 11 is 0. The molecular weight excluding hydrogens is 244 g/mol. The standard InChI is InChI=1S/C13H20N4O2/c1-9(2)17-5-3-4-10(17)6-15-12(18)11-7-14-8-16-13(11)19/h7-10H,3-6H2,1-2H3,(H,15,18)(H,14,16,19). The molecule has 0 aromatic carbocycles. The number of carbonyl (C=O) groups is 1. The van der Waals surface area contributed by atoms with E-state index in [9.17, 15) is 9.59 Å². The highest BCUT2D eigenvalue weighted by Gasteiger charge is 2.26. The van der Waals surface area contributed by atoms with Crippen molar-refractivity contribution >= 4 is 5.91 Å². The van der Waals surface area contributed by atoms with Gasteiger partial charge in [0.05, 0.1) is 6.33 Å². The van der Waals surface area contributed by atoms with Gasteiger partial charge in [0.2, 0.25) is 0 Å². The number of nitrogens with zero attached hydrogens (tertiary/aromatic N) is 2. The van der Waals surface area contributed by atoms with Crippen LogP contribution in [0.4, 0.5) is 0 Å². The average molecular weight is 264 g/mol. The minimum atomic E-state index is -0.403. The third kappa shape index (κ3) is 3.20. The summed E-state index contributed by atoms with van der Waals surface area (Å²) in [7, 11) is 0. The topological polar surface area (TPSA) is 78.1 Å². The Balaban J connectivity index is 1.94. The average Bonchev–Trinajstić information content (AvgIpc) is 2.85. The van der Waals surface area contributed by atoms with Crippen molar-refractivity contribution in [2.75, 3.05) is 13.1 Å². The largest absolute Gasteiger partial charge is 0.350 e. The first-order chi connectivity index (χ1) is 9.09. The smallest absolute Gasteiger partial charge is 0.263 e. The molecular formula is C13H20N4O2. The van der Waals surface area contributed by atoms with Crippen LogP contribution in [0.5, 0.6) is 0 Å². The molecule has 0 aliphatic carbocycles. The molecule has 0 bridgehead atoms. The molecule has 2 rings (SSSR count). The predicted molar refractivity (Wildman–Crippen MR) is 72.1 cm³/mol. The summed E-state index contributed by atoms with van der Waals surface area (Å²) in [4.78, 5) is 31.9. The number of carbonyl (C=O) groups excluding carboxylic acids is 1. The Bertz CT molecular complexity index is 497. The quantitative estimate of drug-likeness (QED) is 0.823. The van der Waals surface area contributed by atoms with Gasteiger partial charge in [-0.05, 0) is 33.2 Å². The number of H-pyrrole nitrogens is 1. The van der Waals surface area contributed by atoms with E-state index in [4.69, 9.17) is 0 Å². The Kier molecular flexibility index (Phi) is 4.31. The zero-order valence-corrected chi connectivity index (χ0v) is 11.3. The fourth-order valence-corrected chi connectivity index (χ4v) is 2.57. The van der Waals surface area contributed by atoms with Gasteiger partial charge in [0.25, 0.3) is 11.5 Å². The first-order valence-corrected chi connectivity index (χ1v) is 6.66. The van der Waals surface area contributed by atoms with Crippen LogP contribution in [0, 0.1) is 0 Å². The summed E-state index contributed by atoms with van der Waals surface area (Å²) in [6.45, 7) is 5.97. The Morgan fingerprint density at radius 1 is 1.63 bits per heavy atom. The van der Waals surface area contributed by atoms with E-state index in [1.807, 2.05) is 0 Å². The maximum absolute atomic E-state index is 11.9. The fourth-order valence-electron chi connectivity index (χ4n) is 2.57. The van der Waals surface area contributed by atoms with Gasteiger partial charge in [-0.25, -0.2) is 4.98 Å². The van der Waals surface area contributed by atoms with Gasteiger partial charge in [0.1, 0.15) is 5.56 Å². The molecule has 2 N–H and O–H groups in total. The van der Waals surface area contributed by atoms with Crippen LogP contribution in [0.25, 0.3) is 0 Å². The van der Waals surface area contributed by atoms with E-state index in [1.54, 1.807) is 0 Å². The van der Waals surface area contributed by atoms with Crippen LogP contribution >= 0.6 is 0 Å². The van der Waals surface area contributed by atoms with Crippen molar-refractivity contribution in [3.05, 3.63) is 28.4 Å². The Morgan fingerprint density at radius 3 is 3.11 bits per heavy atom. The van der Waals surface area contributed by atoms with Crippen molar-refractivity contribution in [3.8, 4) is 0 Å². The van der Waals surface area contributed by atoms with Crippen LogP contribution in [0.15, 0.2) is 17.3 Å². The normalized spacial score (nSPS) is 19.8. The molecule has 1 aliphatic rings. The summed E-state index contributed by atoms with van der Waals surface area (Å²) in [6.07, 6.45) is 4.81. The second-order valence-corrected chi connectivity index (χ2v) is 5.13. The van der Waals surface area contributed by atoms with Gasteiger partial charge in [0, 0.05) is 24.8 Å². The Labute approximate surface area is 112 Å². The Hall–Kier alpha value is -1.69. The highest BCUT2D eigenvalue weighted by atomic mass is 16.2. The van der Waals surface area contributed by atoms with Gasteiger partial charge in [-0.1, -0.05) is 0 Å². The van der Waals surface area contributed by atoms with Crippen molar-refractivity contribution in [1.82, 2.24) is 20.2 Å². The van der Waals surface area contributed by atoms with Crippen molar-refractivity contribution in [2.45, 2.75) is 38.8 Å². The minimum absolute atomic E-state index is 0.0663. The van der Waals surface area contributed by atoms with Crippen molar-refractivity contribution in [3.63, 3.8) is 0 Å². The zero-order valence-electron chi connectivity index (χ0n) is 11.3. The third-order valence-corrected chi connectivity index (χ3v) is 3.55. The van der Waals surface area contributed by atoms with Crippen LogP contribution in [-0.2, 0) is 0 Å². The van der Waals surface area contributed by atoms with Crippen LogP contribution in [0.3, 0.4) is 0 Å². The highest BCUT2D eigenvalue weighted by molar-refractivity contribution is 5.93. The van der Waals surface area contributed by atoms with Crippen molar-refractivity contribution < 1.29 is 4.79 Å². The molecule has 0 spiro atoms. The lowest BCUT2D eigenvalue weighted by molar-refractivity contribution is 0.0933. The van der Waals surface area contributed by atoms with Gasteiger partial charge in [-0.15, -0.1) is 0 Å². The van der Waals surface area contributed by atoms with Gasteiger partial charge in [-0.3, -0.25) is 14.5 Å². The number of aromatic nitrogens is 2. The second-order valence-electron chi connectivity index (χ2n) is 5.13. The fraction of sp³-hybridized carbons (Fsp3) is 0.615. The molecule has 1 amide bonds. The number of hydrogen-bond donors (Lipinski definition) is 2. The van der Waals surface area contributed by atoms with Crippen LogP contribution in [0.2, 0.25) is 0 Å². The van der Waals surface area contributed by atoms with Crippen LogP contribution in [-0.4, -0.2) is 45.9 Å². The molecule has 1 unspecified atom stereocenters. The van der Waals surface area contributed by atoms with Gasteiger partial charge < -0.3 is 10.3 Å². The monoisotopic (exact) mass is 264 g/mol. The molecule has 104 valence electrons. The van der Waals surface area contributed by atoms with E-state index >= 15 is 0 Å². The summed E-state index contributed by atoms with van der Waals surface area (Å²) < 4.78 is 0. The third-order valence-electron chi connectivity index (χ3n) is 3.55. The number of hydrogen-bond acceptors (Lipinski definition) is 4. The van der Waals surface area contributed by atoms with Crippen molar-refractivity contribution in [1.29, 1.82) is 0 Å². The van der Waals surface area contributed by atoms with Gasteiger partial charge >= 0.3 is 0 Å². The predicted octanol–water partition coefficient (Wildman–Crippen LogP) is 0.372. The lowest BCUT2D eigenvalue weighted by atomic mass is 10.2. The maximum Gasteiger partial charge on any atom is 0.263 e. The molecule has 19 heavy (non-hydrogen) atoms. The lowest BCUT2D eigenvalue weighted by Gasteiger charge is -2.28. The number of rotatable bonds is 4. The first-order valence-electron chi connectivity index (χ1n) is 6.66. The molecule has 1 fully saturated rings. The highest BCUT2D eigenvalue weighted by Crippen LogP contribution is 2.19. The van der Waals surface area contributed by atoms with Gasteiger partial charge in [0.15, 0.2) is 0 Å². The number of amides is 1. The van der Waals surface area contributed by atoms with E-state index in [1.165, 1.54) is 12.5 Å². The Morgan fingerprint density at radius 2 is 2.42 bits per heavy atom. The molecule has 0 radical (unpaired) electrons. The van der Waals surface area contributed by atoms with E-state index in [0.29, 0.717) is 18.6 Å². The second kappa shape index (κ2) is 5.97. The summed E-state index contributed by atoms with van der Waals surface area (Å²) in [5.74, 6) is -0.357. The van der Waals surface area contributed by atoms with E-state index in [0.717, 1.165) is 19.4 Å². The number of likely N-dealkylation sites (tertiary alicyclic amines) is 1. The summed E-state index contributed by atoms with van der Waals surface area (Å²) in [6, 6.07) is 0.839. The molecule has 1 saturated heterocycles. The van der Waals surface area contributed by atoms with E-state index in [2.05, 4.69) is 34.0 Å². The molecule has 0 saturated carbocycles. The zero-order chi connectivity index (χ0) is 13.8. The van der Waals surface area contributed by atoms with Gasteiger partial charge in [-0.2, -0.15) is 0 Å². The van der Waals surface area contributed by atoms with Crippen LogP contribution in [0.1, 0.15) is 37.0 Å². The molecule has 1 aromatic heterocycles. The number of nitrogens with one attached hydrogen (secondary N) is 2. The van der Waals surface area contributed by atoms with Crippen molar-refractivity contribution in [2.24, 2.45) is 0 Å². The van der Waals surface area contributed by atoms with E-state index < -0.39 is 5.56 Å². The van der Waals surface area contributed by atoms with E-state index in [-0.39, 0.29) is 11.5 Å². The lowest BCUT2D eigenvalue weighted by Crippen LogP contribution is -2.44. The molecule has 6 nitrogen and oxygen atoms in total. The number of aromatic amines is 1. The molecule has 1 atom stereocenters. The summed E-state index contributed by atoms with van der Waals surface area (Å²) in [5, 5.41) is 2.83. The molecule has 1 aliphatic heterocycles.